The molecule has 1 atom stereocenters. The van der Waals surface area contributed by atoms with Crippen LogP contribution in [-0.2, 0) is 11.8 Å². The van der Waals surface area contributed by atoms with Gasteiger partial charge in [-0.05, 0) is 47.1 Å². The van der Waals surface area contributed by atoms with Crippen LogP contribution in [0.1, 0.15) is 17.3 Å². The summed E-state index contributed by atoms with van der Waals surface area (Å²) in [4.78, 5) is 28.1. The summed E-state index contributed by atoms with van der Waals surface area (Å²) < 4.78 is 6.59. The minimum atomic E-state index is -0.335. The Morgan fingerprint density at radius 2 is 1.96 bits per heavy atom. The Bertz CT molecular complexity index is 866. The number of anilines is 2. The average Bonchev–Trinajstić information content (AvgIpc) is 2.66. The maximum atomic E-state index is 12.1. The third-order valence-electron chi connectivity index (χ3n) is 4.65. The summed E-state index contributed by atoms with van der Waals surface area (Å²) in [6.45, 7) is 4.51. The zero-order chi connectivity index (χ0) is 18.8. The summed E-state index contributed by atoms with van der Waals surface area (Å²) in [6.07, 6.45) is 1.72. The van der Waals surface area contributed by atoms with E-state index in [-0.39, 0.29) is 17.6 Å². The number of nitrogens with zero attached hydrogens (tertiary/aromatic N) is 4. The molecule has 0 N–H and O–H groups in total. The molecule has 0 spiro atoms. The lowest BCUT2D eigenvalue weighted by Crippen LogP contribution is -2.52. The highest BCUT2D eigenvalue weighted by atomic mass is 79.9. The number of rotatable bonds is 3. The standard InChI is InChI=1S/C18H21BrN4O3/c1-12-11-22(14-6-4-13(5-7-14)18(25)26-3)8-9-23(12)15-10-20-21(2)17(24)16(15)19/h4-7,10,12H,8-9,11H2,1-3H3. The molecule has 1 aliphatic rings. The van der Waals surface area contributed by atoms with E-state index in [1.54, 1.807) is 25.4 Å². The average molecular weight is 421 g/mol. The van der Waals surface area contributed by atoms with E-state index in [9.17, 15) is 9.59 Å². The predicted molar refractivity (Wildman–Crippen MR) is 104 cm³/mol. The molecular formula is C18H21BrN4O3. The molecule has 1 unspecified atom stereocenters. The first-order chi connectivity index (χ1) is 12.4. The number of hydrogen-bond acceptors (Lipinski definition) is 6. The number of aryl methyl sites for hydroxylation is 1. The summed E-state index contributed by atoms with van der Waals surface area (Å²) in [5, 5.41) is 4.14. The quantitative estimate of drug-likeness (QED) is 0.707. The van der Waals surface area contributed by atoms with E-state index in [1.807, 2.05) is 12.1 Å². The number of aromatic nitrogens is 2. The Hall–Kier alpha value is -2.35. The van der Waals surface area contributed by atoms with E-state index < -0.39 is 0 Å². The van der Waals surface area contributed by atoms with Crippen LogP contribution >= 0.6 is 15.9 Å². The topological polar surface area (TPSA) is 67.7 Å². The van der Waals surface area contributed by atoms with Crippen LogP contribution in [0.4, 0.5) is 11.4 Å². The van der Waals surface area contributed by atoms with Gasteiger partial charge in [0.05, 0.1) is 24.6 Å². The molecule has 1 aromatic heterocycles. The third-order valence-corrected chi connectivity index (χ3v) is 5.40. The zero-order valence-corrected chi connectivity index (χ0v) is 16.6. The van der Waals surface area contributed by atoms with Crippen molar-refractivity contribution in [2.75, 3.05) is 36.5 Å². The van der Waals surface area contributed by atoms with Gasteiger partial charge in [0.1, 0.15) is 4.47 Å². The maximum absolute atomic E-state index is 12.1. The molecule has 8 heteroatoms. The van der Waals surface area contributed by atoms with Gasteiger partial charge in [-0.15, -0.1) is 0 Å². The van der Waals surface area contributed by atoms with Crippen molar-refractivity contribution >= 4 is 33.3 Å². The van der Waals surface area contributed by atoms with Crippen LogP contribution in [0, 0.1) is 0 Å². The molecule has 3 rings (SSSR count). The first kappa shape index (κ1) is 18.4. The molecule has 2 heterocycles. The summed E-state index contributed by atoms with van der Waals surface area (Å²) in [5.74, 6) is -0.335. The van der Waals surface area contributed by atoms with Crippen LogP contribution in [-0.4, -0.2) is 48.5 Å². The van der Waals surface area contributed by atoms with Crippen molar-refractivity contribution in [1.82, 2.24) is 9.78 Å². The highest BCUT2D eigenvalue weighted by Gasteiger charge is 2.26. The van der Waals surface area contributed by atoms with Crippen molar-refractivity contribution < 1.29 is 9.53 Å². The van der Waals surface area contributed by atoms with Gasteiger partial charge in [0, 0.05) is 38.4 Å². The fraction of sp³-hybridized carbons (Fsp3) is 0.389. The number of esters is 1. The van der Waals surface area contributed by atoms with Crippen LogP contribution in [0.15, 0.2) is 39.7 Å². The van der Waals surface area contributed by atoms with E-state index in [0.717, 1.165) is 31.0 Å². The Morgan fingerprint density at radius 1 is 1.27 bits per heavy atom. The Balaban J connectivity index is 1.75. The molecule has 1 aromatic carbocycles. The number of carbonyl (C=O) groups excluding carboxylic acids is 1. The smallest absolute Gasteiger partial charge is 0.337 e. The Morgan fingerprint density at radius 3 is 2.58 bits per heavy atom. The van der Waals surface area contributed by atoms with E-state index in [2.05, 4.69) is 37.8 Å². The largest absolute Gasteiger partial charge is 0.465 e. The number of ether oxygens (including phenoxy) is 1. The lowest BCUT2D eigenvalue weighted by molar-refractivity contribution is 0.0601. The van der Waals surface area contributed by atoms with Gasteiger partial charge in [-0.25, -0.2) is 9.48 Å². The summed E-state index contributed by atoms with van der Waals surface area (Å²) >= 11 is 3.41. The number of piperazine rings is 1. The minimum absolute atomic E-state index is 0.143. The van der Waals surface area contributed by atoms with Crippen LogP contribution in [0.5, 0.6) is 0 Å². The fourth-order valence-corrected chi connectivity index (χ4v) is 3.77. The van der Waals surface area contributed by atoms with Crippen molar-refractivity contribution in [3.63, 3.8) is 0 Å². The van der Waals surface area contributed by atoms with Gasteiger partial charge in [-0.2, -0.15) is 5.10 Å². The monoisotopic (exact) mass is 420 g/mol. The molecule has 0 amide bonds. The number of hydrogen-bond donors (Lipinski definition) is 0. The van der Waals surface area contributed by atoms with Crippen molar-refractivity contribution in [2.45, 2.75) is 13.0 Å². The van der Waals surface area contributed by atoms with Gasteiger partial charge in [-0.1, -0.05) is 0 Å². The van der Waals surface area contributed by atoms with Crippen LogP contribution in [0.3, 0.4) is 0 Å². The van der Waals surface area contributed by atoms with E-state index in [0.29, 0.717) is 10.0 Å². The zero-order valence-electron chi connectivity index (χ0n) is 15.0. The van der Waals surface area contributed by atoms with Crippen molar-refractivity contribution in [3.8, 4) is 0 Å². The normalized spacial score (nSPS) is 17.3. The number of carbonyl (C=O) groups is 1. The number of halogens is 1. The van der Waals surface area contributed by atoms with Crippen LogP contribution in [0.2, 0.25) is 0 Å². The van der Waals surface area contributed by atoms with Gasteiger partial charge in [-0.3, -0.25) is 4.79 Å². The van der Waals surface area contributed by atoms with Gasteiger partial charge in [0.2, 0.25) is 0 Å². The molecule has 0 aliphatic carbocycles. The summed E-state index contributed by atoms with van der Waals surface area (Å²) in [6, 6.07) is 7.63. The molecule has 26 heavy (non-hydrogen) atoms. The number of benzene rings is 1. The molecule has 1 saturated heterocycles. The molecular weight excluding hydrogens is 400 g/mol. The molecule has 1 aliphatic heterocycles. The SMILES string of the molecule is COC(=O)c1ccc(N2CCN(c3cnn(C)c(=O)c3Br)C(C)C2)cc1. The molecule has 2 aromatic rings. The van der Waals surface area contributed by atoms with Crippen molar-refractivity contribution in [2.24, 2.45) is 7.05 Å². The third kappa shape index (κ3) is 3.46. The number of methoxy groups -OCH3 is 1. The highest BCUT2D eigenvalue weighted by Crippen LogP contribution is 2.27. The highest BCUT2D eigenvalue weighted by molar-refractivity contribution is 9.10. The molecule has 1 fully saturated rings. The minimum Gasteiger partial charge on any atom is -0.465 e. The second-order valence-corrected chi connectivity index (χ2v) is 7.09. The fourth-order valence-electron chi connectivity index (χ4n) is 3.18. The lowest BCUT2D eigenvalue weighted by Gasteiger charge is -2.42. The molecule has 7 nitrogen and oxygen atoms in total. The predicted octanol–water partition coefficient (Wildman–Crippen LogP) is 2.04. The molecule has 138 valence electrons. The Kier molecular flexibility index (Phi) is 5.31. The molecule has 0 bridgehead atoms. The van der Waals surface area contributed by atoms with Crippen LogP contribution < -0.4 is 15.4 Å². The molecule has 0 radical (unpaired) electrons. The maximum Gasteiger partial charge on any atom is 0.337 e. The van der Waals surface area contributed by atoms with E-state index in [4.69, 9.17) is 4.74 Å². The first-order valence-electron chi connectivity index (χ1n) is 8.34. The van der Waals surface area contributed by atoms with Gasteiger partial charge in [0.15, 0.2) is 0 Å². The second kappa shape index (κ2) is 7.49. The van der Waals surface area contributed by atoms with E-state index in [1.165, 1.54) is 11.8 Å². The van der Waals surface area contributed by atoms with Gasteiger partial charge < -0.3 is 14.5 Å². The van der Waals surface area contributed by atoms with Crippen molar-refractivity contribution in [1.29, 1.82) is 0 Å². The Labute approximate surface area is 160 Å². The van der Waals surface area contributed by atoms with Gasteiger partial charge in [0.25, 0.3) is 5.56 Å². The summed E-state index contributed by atoms with van der Waals surface area (Å²) in [5.41, 5.74) is 2.28. The second-order valence-electron chi connectivity index (χ2n) is 6.30. The van der Waals surface area contributed by atoms with Crippen LogP contribution in [0.25, 0.3) is 0 Å². The van der Waals surface area contributed by atoms with Gasteiger partial charge >= 0.3 is 5.97 Å². The van der Waals surface area contributed by atoms with E-state index >= 15 is 0 Å². The first-order valence-corrected chi connectivity index (χ1v) is 9.13. The van der Waals surface area contributed by atoms with Crippen molar-refractivity contribution in [3.05, 3.63) is 50.9 Å². The lowest BCUT2D eigenvalue weighted by atomic mass is 10.1. The summed E-state index contributed by atoms with van der Waals surface area (Å²) in [7, 11) is 3.01. The molecule has 0 saturated carbocycles.